The Morgan fingerprint density at radius 3 is 2.71 bits per heavy atom. The molecule has 0 aromatic carbocycles. The molecule has 0 aliphatic carbocycles. The molecule has 0 amide bonds. The first-order valence-corrected chi connectivity index (χ1v) is 1.91. The second kappa shape index (κ2) is 3.16. The molecule has 0 saturated heterocycles. The summed E-state index contributed by atoms with van der Waals surface area (Å²) >= 11 is 0. The highest BCUT2D eigenvalue weighted by Gasteiger charge is 1.82. The standard InChI is InChI=1S/C4H7N3/c1-4(7-6)2-3-5/h2,6H2,1H3. The molecule has 0 heterocycles. The number of hydrogen-bond acceptors (Lipinski definition) is 3. The van der Waals surface area contributed by atoms with Crippen LogP contribution in [0.5, 0.6) is 0 Å². The van der Waals surface area contributed by atoms with Crippen LogP contribution in [0.4, 0.5) is 0 Å². The lowest BCUT2D eigenvalue weighted by atomic mass is 10.3. The van der Waals surface area contributed by atoms with Crippen LogP contribution in [0.2, 0.25) is 0 Å². The van der Waals surface area contributed by atoms with Gasteiger partial charge < -0.3 is 5.84 Å². The molecule has 0 radical (unpaired) electrons. The third-order valence-electron chi connectivity index (χ3n) is 0.555. The molecule has 0 aliphatic heterocycles. The zero-order chi connectivity index (χ0) is 5.70. The number of nitriles is 1. The topological polar surface area (TPSA) is 62.2 Å². The molecule has 0 atom stereocenters. The Balaban J connectivity index is 3.43. The largest absolute Gasteiger partial charge is 0.323 e. The highest BCUT2D eigenvalue weighted by molar-refractivity contribution is 5.83. The molecule has 3 nitrogen and oxygen atoms in total. The average molecular weight is 97.1 g/mol. The lowest BCUT2D eigenvalue weighted by Gasteiger charge is -1.81. The molecule has 0 aromatic rings. The minimum absolute atomic E-state index is 0.330. The number of hydrogen-bond donors (Lipinski definition) is 1. The van der Waals surface area contributed by atoms with Crippen LogP contribution in [-0.4, -0.2) is 5.71 Å². The van der Waals surface area contributed by atoms with E-state index in [2.05, 4.69) is 5.10 Å². The quantitative estimate of drug-likeness (QED) is 0.289. The fourth-order valence-corrected chi connectivity index (χ4v) is 0.160. The Bertz CT molecular complexity index is 109. The first-order chi connectivity index (χ1) is 3.31. The predicted octanol–water partition coefficient (Wildman–Crippen LogP) is 0.235. The van der Waals surface area contributed by atoms with Gasteiger partial charge in [-0.05, 0) is 6.92 Å². The molecule has 0 rings (SSSR count). The van der Waals surface area contributed by atoms with E-state index in [1.54, 1.807) is 6.92 Å². The van der Waals surface area contributed by atoms with Crippen LogP contribution in [0, 0.1) is 11.3 Å². The second-order valence-corrected chi connectivity index (χ2v) is 1.20. The van der Waals surface area contributed by atoms with Crippen molar-refractivity contribution in [3.63, 3.8) is 0 Å². The van der Waals surface area contributed by atoms with Gasteiger partial charge in [-0.2, -0.15) is 10.4 Å². The third kappa shape index (κ3) is 2.77. The van der Waals surface area contributed by atoms with E-state index in [1.165, 1.54) is 0 Å². The first kappa shape index (κ1) is 5.96. The molecule has 0 aliphatic rings. The molecule has 38 valence electrons. The van der Waals surface area contributed by atoms with E-state index in [-0.39, 0.29) is 0 Å². The van der Waals surface area contributed by atoms with Crippen molar-refractivity contribution < 1.29 is 0 Å². The van der Waals surface area contributed by atoms with E-state index in [1.807, 2.05) is 6.07 Å². The van der Waals surface area contributed by atoms with Crippen LogP contribution >= 0.6 is 0 Å². The van der Waals surface area contributed by atoms with Crippen molar-refractivity contribution in [3.8, 4) is 6.07 Å². The molecule has 0 unspecified atom stereocenters. The highest BCUT2D eigenvalue weighted by atomic mass is 15.1. The molecule has 0 aromatic heterocycles. The van der Waals surface area contributed by atoms with Crippen molar-refractivity contribution in [3.05, 3.63) is 0 Å². The molecular weight excluding hydrogens is 90.1 g/mol. The van der Waals surface area contributed by atoms with Crippen LogP contribution in [0.1, 0.15) is 13.3 Å². The Morgan fingerprint density at radius 1 is 2.00 bits per heavy atom. The van der Waals surface area contributed by atoms with Crippen LogP contribution in [-0.2, 0) is 0 Å². The summed E-state index contributed by atoms with van der Waals surface area (Å²) in [6.45, 7) is 1.71. The van der Waals surface area contributed by atoms with Crippen molar-refractivity contribution in [1.82, 2.24) is 0 Å². The van der Waals surface area contributed by atoms with E-state index >= 15 is 0 Å². The molecule has 0 saturated carbocycles. The first-order valence-electron chi connectivity index (χ1n) is 1.91. The van der Waals surface area contributed by atoms with Crippen molar-refractivity contribution in [2.24, 2.45) is 10.9 Å². The average Bonchev–Trinajstić information content (AvgIpc) is 1.68. The zero-order valence-corrected chi connectivity index (χ0v) is 4.18. The number of nitrogens with zero attached hydrogens (tertiary/aromatic N) is 2. The smallest absolute Gasteiger partial charge is 0.0750 e. The maximum atomic E-state index is 7.98. The van der Waals surface area contributed by atoms with Crippen molar-refractivity contribution in [2.75, 3.05) is 0 Å². The summed E-state index contributed by atoms with van der Waals surface area (Å²) in [6.07, 6.45) is 0.330. The number of rotatable bonds is 1. The fourth-order valence-electron chi connectivity index (χ4n) is 0.160. The Morgan fingerprint density at radius 2 is 2.57 bits per heavy atom. The monoisotopic (exact) mass is 97.1 g/mol. The second-order valence-electron chi connectivity index (χ2n) is 1.20. The highest BCUT2D eigenvalue weighted by Crippen LogP contribution is 1.77. The van der Waals surface area contributed by atoms with Crippen molar-refractivity contribution in [1.29, 1.82) is 5.26 Å². The number of nitrogens with two attached hydrogens (primary N) is 1. The van der Waals surface area contributed by atoms with Gasteiger partial charge in [0.05, 0.1) is 12.5 Å². The minimum atomic E-state index is 0.330. The predicted molar refractivity (Wildman–Crippen MR) is 27.5 cm³/mol. The van der Waals surface area contributed by atoms with Gasteiger partial charge in [0, 0.05) is 5.71 Å². The van der Waals surface area contributed by atoms with Crippen molar-refractivity contribution >= 4 is 5.71 Å². The van der Waals surface area contributed by atoms with Gasteiger partial charge in [-0.3, -0.25) is 0 Å². The van der Waals surface area contributed by atoms with E-state index in [0.29, 0.717) is 12.1 Å². The summed E-state index contributed by atoms with van der Waals surface area (Å²) in [5.41, 5.74) is 0.669. The van der Waals surface area contributed by atoms with Gasteiger partial charge in [0.25, 0.3) is 0 Å². The molecule has 2 N–H and O–H groups in total. The maximum absolute atomic E-state index is 7.98. The fraction of sp³-hybridized carbons (Fsp3) is 0.500. The molecule has 3 heteroatoms. The van der Waals surface area contributed by atoms with Gasteiger partial charge in [0.15, 0.2) is 0 Å². The van der Waals surface area contributed by atoms with Gasteiger partial charge in [-0.25, -0.2) is 0 Å². The normalized spacial score (nSPS) is 10.6. The molecule has 0 fully saturated rings. The summed E-state index contributed by atoms with van der Waals surface area (Å²) in [5.74, 6) is 4.79. The summed E-state index contributed by atoms with van der Waals surface area (Å²) in [5, 5.41) is 11.3. The van der Waals surface area contributed by atoms with Crippen LogP contribution in [0.25, 0.3) is 0 Å². The van der Waals surface area contributed by atoms with E-state index in [0.717, 1.165) is 0 Å². The third-order valence-corrected chi connectivity index (χ3v) is 0.555. The lowest BCUT2D eigenvalue weighted by molar-refractivity contribution is 1.20. The van der Waals surface area contributed by atoms with Crippen molar-refractivity contribution in [2.45, 2.75) is 13.3 Å². The van der Waals surface area contributed by atoms with Gasteiger partial charge in [0.2, 0.25) is 0 Å². The zero-order valence-electron chi connectivity index (χ0n) is 4.18. The van der Waals surface area contributed by atoms with Gasteiger partial charge in [-0.15, -0.1) is 0 Å². The Hall–Kier alpha value is -1.04. The van der Waals surface area contributed by atoms with Gasteiger partial charge in [0.1, 0.15) is 0 Å². The summed E-state index contributed by atoms with van der Waals surface area (Å²) in [6, 6.07) is 1.91. The minimum Gasteiger partial charge on any atom is -0.323 e. The molecule has 7 heavy (non-hydrogen) atoms. The van der Waals surface area contributed by atoms with Gasteiger partial charge >= 0.3 is 0 Å². The Kier molecular flexibility index (Phi) is 2.69. The number of hydrazone groups is 1. The van der Waals surface area contributed by atoms with Crippen LogP contribution < -0.4 is 5.84 Å². The Labute approximate surface area is 42.4 Å². The molecular formula is C4H7N3. The lowest BCUT2D eigenvalue weighted by Crippen LogP contribution is -1.92. The summed E-state index contributed by atoms with van der Waals surface area (Å²) in [4.78, 5) is 0. The van der Waals surface area contributed by atoms with E-state index < -0.39 is 0 Å². The maximum Gasteiger partial charge on any atom is 0.0750 e. The molecule has 0 bridgehead atoms. The van der Waals surface area contributed by atoms with Crippen LogP contribution in [0.15, 0.2) is 5.10 Å². The summed E-state index contributed by atoms with van der Waals surface area (Å²) in [7, 11) is 0. The van der Waals surface area contributed by atoms with Gasteiger partial charge in [-0.1, -0.05) is 0 Å². The SMILES string of the molecule is CC(CC#N)=NN. The molecule has 0 spiro atoms. The van der Waals surface area contributed by atoms with Crippen LogP contribution in [0.3, 0.4) is 0 Å². The van der Waals surface area contributed by atoms with E-state index in [9.17, 15) is 0 Å². The van der Waals surface area contributed by atoms with E-state index in [4.69, 9.17) is 11.1 Å². The summed E-state index contributed by atoms with van der Waals surface area (Å²) < 4.78 is 0.